The molecule has 4 aromatic rings. The van der Waals surface area contributed by atoms with Gasteiger partial charge in [0.2, 0.25) is 0 Å². The Labute approximate surface area is 136 Å². The van der Waals surface area contributed by atoms with Crippen LogP contribution in [-0.4, -0.2) is 31.8 Å². The van der Waals surface area contributed by atoms with Crippen LogP contribution in [0.1, 0.15) is 16.3 Å². The molecule has 1 aromatic carbocycles. The maximum Gasteiger partial charge on any atom is 0.271 e. The lowest BCUT2D eigenvalue weighted by Gasteiger charge is -2.00. The number of aromatic nitrogens is 4. The number of carbonyl (C=O) groups is 1. The van der Waals surface area contributed by atoms with E-state index >= 15 is 0 Å². The topological polar surface area (TPSA) is 75.1 Å². The van der Waals surface area contributed by atoms with Crippen LogP contribution in [0.25, 0.3) is 16.7 Å². The van der Waals surface area contributed by atoms with E-state index in [9.17, 15) is 9.18 Å². The summed E-state index contributed by atoms with van der Waals surface area (Å²) in [6.07, 6.45) is 3.38. The summed E-state index contributed by atoms with van der Waals surface area (Å²) in [5.41, 5.74) is 2.66. The third-order valence-corrected chi connectivity index (χ3v) is 3.73. The fourth-order valence-corrected chi connectivity index (χ4v) is 2.58. The Morgan fingerprint density at radius 2 is 2.04 bits per heavy atom. The largest absolute Gasteiger partial charge is 0.350 e. The zero-order valence-corrected chi connectivity index (χ0v) is 12.7. The van der Waals surface area contributed by atoms with Crippen molar-refractivity contribution in [3.63, 3.8) is 0 Å². The van der Waals surface area contributed by atoms with Gasteiger partial charge in [0.15, 0.2) is 0 Å². The molecule has 2 N–H and O–H groups in total. The van der Waals surface area contributed by atoms with Crippen LogP contribution in [0.2, 0.25) is 0 Å². The average molecular weight is 323 g/mol. The maximum atomic E-state index is 13.2. The number of halogens is 1. The number of rotatable bonds is 4. The van der Waals surface area contributed by atoms with Crippen molar-refractivity contribution in [1.29, 1.82) is 0 Å². The van der Waals surface area contributed by atoms with Gasteiger partial charge in [-0.25, -0.2) is 14.4 Å². The van der Waals surface area contributed by atoms with Gasteiger partial charge in [0.05, 0.1) is 11.0 Å². The number of pyridine rings is 1. The first-order valence-electron chi connectivity index (χ1n) is 7.55. The standard InChI is InChI=1S/C17H14FN5O/c18-11-5-6-16-22-14(10-23(16)9-11)17(24)19-8-7-15-20-12-3-1-2-4-13(12)21-15/h1-6,9-10H,7-8H2,(H,19,24)(H,20,21). The van der Waals surface area contributed by atoms with Gasteiger partial charge in [-0.15, -0.1) is 0 Å². The highest BCUT2D eigenvalue weighted by Gasteiger charge is 2.11. The first-order valence-corrected chi connectivity index (χ1v) is 7.55. The Morgan fingerprint density at radius 3 is 2.92 bits per heavy atom. The first kappa shape index (κ1) is 14.4. The number of H-pyrrole nitrogens is 1. The van der Waals surface area contributed by atoms with Gasteiger partial charge in [-0.3, -0.25) is 4.79 Å². The van der Waals surface area contributed by atoms with Crippen molar-refractivity contribution >= 4 is 22.6 Å². The molecule has 0 aliphatic rings. The quantitative estimate of drug-likeness (QED) is 0.605. The van der Waals surface area contributed by atoms with Crippen LogP contribution in [0.5, 0.6) is 0 Å². The number of hydrogen-bond acceptors (Lipinski definition) is 3. The van der Waals surface area contributed by atoms with Crippen molar-refractivity contribution in [1.82, 2.24) is 24.7 Å². The van der Waals surface area contributed by atoms with Crippen LogP contribution in [0.3, 0.4) is 0 Å². The number of imidazole rings is 2. The summed E-state index contributed by atoms with van der Waals surface area (Å²) < 4.78 is 14.7. The molecule has 0 bridgehead atoms. The lowest BCUT2D eigenvalue weighted by molar-refractivity contribution is 0.0949. The fraction of sp³-hybridized carbons (Fsp3) is 0.118. The van der Waals surface area contributed by atoms with Crippen LogP contribution >= 0.6 is 0 Å². The Bertz CT molecular complexity index is 1000. The highest BCUT2D eigenvalue weighted by Crippen LogP contribution is 2.10. The van der Waals surface area contributed by atoms with E-state index in [1.54, 1.807) is 0 Å². The molecule has 0 aliphatic heterocycles. The van der Waals surface area contributed by atoms with E-state index in [1.807, 2.05) is 24.3 Å². The third-order valence-electron chi connectivity index (χ3n) is 3.73. The molecule has 6 nitrogen and oxygen atoms in total. The normalized spacial score (nSPS) is 11.2. The monoisotopic (exact) mass is 323 g/mol. The smallest absolute Gasteiger partial charge is 0.271 e. The number of nitrogens with zero attached hydrogens (tertiary/aromatic N) is 3. The molecule has 0 saturated heterocycles. The molecule has 0 fully saturated rings. The average Bonchev–Trinajstić information content (AvgIpc) is 3.17. The lowest BCUT2D eigenvalue weighted by Crippen LogP contribution is -2.26. The van der Waals surface area contributed by atoms with Gasteiger partial charge >= 0.3 is 0 Å². The Balaban J connectivity index is 1.41. The van der Waals surface area contributed by atoms with Crippen LogP contribution in [0.4, 0.5) is 4.39 Å². The van der Waals surface area contributed by atoms with Crippen LogP contribution in [0.15, 0.2) is 48.8 Å². The number of hydrogen-bond donors (Lipinski definition) is 2. The third kappa shape index (κ3) is 2.71. The molecule has 0 spiro atoms. The van der Waals surface area contributed by atoms with E-state index in [2.05, 4.69) is 20.3 Å². The number of amides is 1. The summed E-state index contributed by atoms with van der Waals surface area (Å²) in [5, 5.41) is 2.80. The second-order valence-electron chi connectivity index (χ2n) is 5.45. The first-order chi connectivity index (χ1) is 11.7. The fourth-order valence-electron chi connectivity index (χ4n) is 2.58. The van der Waals surface area contributed by atoms with Gasteiger partial charge in [0, 0.05) is 25.4 Å². The van der Waals surface area contributed by atoms with Crippen LogP contribution < -0.4 is 5.32 Å². The summed E-state index contributed by atoms with van der Waals surface area (Å²) >= 11 is 0. The molecule has 24 heavy (non-hydrogen) atoms. The number of benzene rings is 1. The number of carbonyl (C=O) groups excluding carboxylic acids is 1. The van der Waals surface area contributed by atoms with Gasteiger partial charge in [0.25, 0.3) is 5.91 Å². The number of fused-ring (bicyclic) bond motifs is 2. The van der Waals surface area contributed by atoms with Gasteiger partial charge < -0.3 is 14.7 Å². The highest BCUT2D eigenvalue weighted by molar-refractivity contribution is 5.92. The zero-order chi connectivity index (χ0) is 16.5. The van der Waals surface area contributed by atoms with Crippen LogP contribution in [-0.2, 0) is 6.42 Å². The molecular weight excluding hydrogens is 309 g/mol. The Kier molecular flexibility index (Phi) is 3.45. The van der Waals surface area contributed by atoms with E-state index in [0.717, 1.165) is 16.9 Å². The molecule has 4 rings (SSSR count). The van der Waals surface area contributed by atoms with E-state index < -0.39 is 0 Å². The number of nitrogens with one attached hydrogen (secondary N) is 2. The van der Waals surface area contributed by atoms with Gasteiger partial charge in [-0.2, -0.15) is 0 Å². The molecule has 7 heteroatoms. The lowest BCUT2D eigenvalue weighted by atomic mass is 10.3. The van der Waals surface area contributed by atoms with E-state index in [-0.39, 0.29) is 17.4 Å². The molecule has 120 valence electrons. The van der Waals surface area contributed by atoms with Gasteiger partial charge in [-0.05, 0) is 24.3 Å². The molecule has 0 atom stereocenters. The summed E-state index contributed by atoms with van der Waals surface area (Å²) in [4.78, 5) is 24.0. The molecule has 0 saturated carbocycles. The van der Waals surface area contributed by atoms with E-state index in [0.29, 0.717) is 18.6 Å². The van der Waals surface area contributed by atoms with E-state index in [1.165, 1.54) is 28.9 Å². The molecule has 3 heterocycles. The van der Waals surface area contributed by atoms with Crippen molar-refractivity contribution in [2.45, 2.75) is 6.42 Å². The predicted molar refractivity (Wildman–Crippen MR) is 87.3 cm³/mol. The molecule has 1 amide bonds. The van der Waals surface area contributed by atoms with Gasteiger partial charge in [0.1, 0.15) is 23.0 Å². The minimum atomic E-state index is -0.378. The Hall–Kier alpha value is -3.22. The second-order valence-corrected chi connectivity index (χ2v) is 5.45. The summed E-state index contributed by atoms with van der Waals surface area (Å²) in [5.74, 6) is 0.139. The Morgan fingerprint density at radius 1 is 1.17 bits per heavy atom. The molecule has 0 aliphatic carbocycles. The summed E-state index contributed by atoms with van der Waals surface area (Å²) in [7, 11) is 0. The maximum absolute atomic E-state index is 13.2. The highest BCUT2D eigenvalue weighted by atomic mass is 19.1. The van der Waals surface area contributed by atoms with Crippen molar-refractivity contribution in [2.24, 2.45) is 0 Å². The van der Waals surface area contributed by atoms with Crippen molar-refractivity contribution in [3.05, 3.63) is 66.1 Å². The second kappa shape index (κ2) is 5.77. The van der Waals surface area contributed by atoms with Crippen molar-refractivity contribution < 1.29 is 9.18 Å². The molecule has 0 unspecified atom stereocenters. The minimum absolute atomic E-state index is 0.255. The summed E-state index contributed by atoms with van der Waals surface area (Å²) in [6.45, 7) is 0.431. The van der Waals surface area contributed by atoms with Crippen LogP contribution in [0, 0.1) is 5.82 Å². The molecule has 3 aromatic heterocycles. The van der Waals surface area contributed by atoms with Crippen molar-refractivity contribution in [2.75, 3.05) is 6.54 Å². The van der Waals surface area contributed by atoms with Gasteiger partial charge in [-0.1, -0.05) is 12.1 Å². The SMILES string of the molecule is O=C(NCCc1nc2ccccc2[nH]1)c1cn2cc(F)ccc2n1. The predicted octanol–water partition coefficient (Wildman–Crippen LogP) is 2.32. The molecule has 0 radical (unpaired) electrons. The van der Waals surface area contributed by atoms with Crippen molar-refractivity contribution in [3.8, 4) is 0 Å². The van der Waals surface area contributed by atoms with E-state index in [4.69, 9.17) is 0 Å². The zero-order valence-electron chi connectivity index (χ0n) is 12.7. The molecular formula is C17H14FN5O. The summed E-state index contributed by atoms with van der Waals surface area (Å²) in [6, 6.07) is 10.6. The number of para-hydroxylation sites is 2. The number of aromatic amines is 1. The minimum Gasteiger partial charge on any atom is -0.350 e.